The van der Waals surface area contributed by atoms with Crippen LogP contribution in [0.3, 0.4) is 0 Å². The van der Waals surface area contributed by atoms with Gasteiger partial charge >= 0.3 is 0 Å². The number of rotatable bonds is 1. The van der Waals surface area contributed by atoms with Crippen LogP contribution in [-0.4, -0.2) is 44.5 Å². The van der Waals surface area contributed by atoms with Gasteiger partial charge in [0.1, 0.15) is 6.61 Å². The maximum Gasteiger partial charge on any atom is 0.236 e. The Morgan fingerprint density at radius 3 is 2.73 bits per heavy atom. The number of nitrogens with zero attached hydrogens (tertiary/aromatic N) is 1. The second kappa shape index (κ2) is 3.49. The molecular formula is C5H7NO4S. The van der Waals surface area contributed by atoms with Gasteiger partial charge in [0.15, 0.2) is 4.99 Å². The summed E-state index contributed by atoms with van der Waals surface area (Å²) >= 11 is 0. The van der Waals surface area contributed by atoms with Crippen LogP contribution in [0.2, 0.25) is 0 Å². The van der Waals surface area contributed by atoms with Crippen molar-refractivity contribution >= 4 is 21.7 Å². The summed E-state index contributed by atoms with van der Waals surface area (Å²) in [6.45, 7) is 0.696. The Kier molecular flexibility index (Phi) is 2.61. The van der Waals surface area contributed by atoms with Gasteiger partial charge in [-0.05, 0) is 0 Å². The molecule has 0 N–H and O–H groups in total. The van der Waals surface area contributed by atoms with Crippen molar-refractivity contribution in [1.82, 2.24) is 4.90 Å². The molecule has 1 heterocycles. The van der Waals surface area contributed by atoms with E-state index in [1.807, 2.05) is 0 Å². The molecule has 6 heteroatoms. The minimum Gasteiger partial charge on any atom is -0.372 e. The Morgan fingerprint density at radius 2 is 2.27 bits per heavy atom. The third-order valence-electron chi connectivity index (χ3n) is 1.34. The van der Waals surface area contributed by atoms with Crippen LogP contribution in [0.5, 0.6) is 0 Å². The summed E-state index contributed by atoms with van der Waals surface area (Å²) in [5, 5.41) is 0. The van der Waals surface area contributed by atoms with Crippen molar-refractivity contribution in [2.45, 2.75) is 0 Å². The highest BCUT2D eigenvalue weighted by molar-refractivity contribution is 7.72. The van der Waals surface area contributed by atoms with Crippen LogP contribution in [0.15, 0.2) is 0 Å². The molecule has 0 bridgehead atoms. The summed E-state index contributed by atoms with van der Waals surface area (Å²) in [6, 6.07) is 0. The first-order chi connectivity index (χ1) is 5.25. The van der Waals surface area contributed by atoms with Crippen molar-refractivity contribution < 1.29 is 17.9 Å². The second-order valence-corrected chi connectivity index (χ2v) is 2.92. The fourth-order valence-corrected chi connectivity index (χ4v) is 1.29. The van der Waals surface area contributed by atoms with E-state index in [9.17, 15) is 13.2 Å². The third kappa shape index (κ3) is 1.78. The zero-order chi connectivity index (χ0) is 8.27. The lowest BCUT2D eigenvalue weighted by Crippen LogP contribution is -2.41. The van der Waals surface area contributed by atoms with Gasteiger partial charge in [-0.1, -0.05) is 0 Å². The Bertz CT molecular complexity index is 273. The van der Waals surface area contributed by atoms with Crippen LogP contribution in [-0.2, 0) is 19.8 Å². The largest absolute Gasteiger partial charge is 0.372 e. The molecule has 0 aromatic rings. The SMILES string of the molecule is O=CN1CCOCC1=S(=O)=O. The summed E-state index contributed by atoms with van der Waals surface area (Å²) in [5.41, 5.74) is 0. The van der Waals surface area contributed by atoms with E-state index in [-0.39, 0.29) is 11.6 Å². The Morgan fingerprint density at radius 1 is 1.55 bits per heavy atom. The number of hydrogen-bond donors (Lipinski definition) is 0. The van der Waals surface area contributed by atoms with Gasteiger partial charge in [-0.3, -0.25) is 4.79 Å². The van der Waals surface area contributed by atoms with Crippen LogP contribution in [0.25, 0.3) is 0 Å². The molecule has 5 nitrogen and oxygen atoms in total. The molecular weight excluding hydrogens is 170 g/mol. The molecule has 0 radical (unpaired) electrons. The molecule has 1 aliphatic heterocycles. The van der Waals surface area contributed by atoms with Crippen molar-refractivity contribution in [3.63, 3.8) is 0 Å². The van der Waals surface area contributed by atoms with Gasteiger partial charge in [0.2, 0.25) is 16.7 Å². The molecule has 0 aromatic carbocycles. The Balaban J connectivity index is 2.92. The molecule has 1 saturated heterocycles. The Labute approximate surface area is 65.1 Å². The fraction of sp³-hybridized carbons (Fsp3) is 0.600. The van der Waals surface area contributed by atoms with E-state index in [0.29, 0.717) is 19.6 Å². The second-order valence-electron chi connectivity index (χ2n) is 1.98. The average molecular weight is 177 g/mol. The first-order valence-corrected chi connectivity index (χ1v) is 4.08. The highest BCUT2D eigenvalue weighted by Crippen LogP contribution is 1.95. The Hall–Kier alpha value is -0.880. The van der Waals surface area contributed by atoms with E-state index in [1.54, 1.807) is 0 Å². The minimum absolute atomic E-state index is 0.00511. The van der Waals surface area contributed by atoms with Gasteiger partial charge in [0.25, 0.3) is 0 Å². The van der Waals surface area contributed by atoms with Crippen LogP contribution in [0, 0.1) is 0 Å². The highest BCUT2D eigenvalue weighted by atomic mass is 32.2. The van der Waals surface area contributed by atoms with Crippen LogP contribution in [0.1, 0.15) is 0 Å². The van der Waals surface area contributed by atoms with E-state index in [0.717, 1.165) is 4.90 Å². The lowest BCUT2D eigenvalue weighted by molar-refractivity contribution is -0.116. The van der Waals surface area contributed by atoms with Crippen LogP contribution < -0.4 is 0 Å². The first kappa shape index (κ1) is 8.22. The first-order valence-electron chi connectivity index (χ1n) is 3.00. The minimum atomic E-state index is -2.35. The van der Waals surface area contributed by atoms with Crippen LogP contribution in [0.4, 0.5) is 0 Å². The van der Waals surface area contributed by atoms with Gasteiger partial charge in [-0.25, -0.2) is 0 Å². The lowest BCUT2D eigenvalue weighted by Gasteiger charge is -2.22. The van der Waals surface area contributed by atoms with Gasteiger partial charge in [0, 0.05) is 6.54 Å². The standard InChI is InChI=1S/C5H7NO4S/c7-4-6-1-2-10-3-5(6)11(8)9/h4H,1-3H2. The van der Waals surface area contributed by atoms with Crippen molar-refractivity contribution in [3.05, 3.63) is 0 Å². The predicted octanol–water partition coefficient (Wildman–Crippen LogP) is -1.52. The monoisotopic (exact) mass is 177 g/mol. The van der Waals surface area contributed by atoms with Gasteiger partial charge < -0.3 is 9.64 Å². The molecule has 1 fully saturated rings. The summed E-state index contributed by atoms with van der Waals surface area (Å²) in [5.74, 6) is 0. The highest BCUT2D eigenvalue weighted by Gasteiger charge is 2.16. The van der Waals surface area contributed by atoms with Crippen molar-refractivity contribution in [3.8, 4) is 0 Å². The number of carbonyl (C=O) groups is 1. The van der Waals surface area contributed by atoms with E-state index in [2.05, 4.69) is 0 Å². The predicted molar refractivity (Wildman–Crippen MR) is 37.5 cm³/mol. The summed E-state index contributed by atoms with van der Waals surface area (Å²) in [4.78, 5) is 11.4. The number of morpholine rings is 1. The normalized spacial score (nSPS) is 18.2. The zero-order valence-corrected chi connectivity index (χ0v) is 6.50. The number of ether oxygens (including phenoxy) is 1. The molecule has 0 aromatic heterocycles. The van der Waals surface area contributed by atoms with E-state index < -0.39 is 10.3 Å². The molecule has 1 aliphatic rings. The maximum atomic E-state index is 10.4. The van der Waals surface area contributed by atoms with E-state index in [1.165, 1.54) is 0 Å². The average Bonchev–Trinajstić information content (AvgIpc) is 2.04. The molecule has 62 valence electrons. The van der Waals surface area contributed by atoms with Gasteiger partial charge in [-0.2, -0.15) is 8.42 Å². The number of carbonyl (C=O) groups excluding carboxylic acids is 1. The molecule has 0 spiro atoms. The van der Waals surface area contributed by atoms with Crippen molar-refractivity contribution in [1.29, 1.82) is 0 Å². The molecule has 0 aliphatic carbocycles. The summed E-state index contributed by atoms with van der Waals surface area (Å²) in [7, 11) is -2.35. The quantitative estimate of drug-likeness (QED) is 0.360. The fourth-order valence-electron chi connectivity index (χ4n) is 0.785. The molecule has 0 atom stereocenters. The lowest BCUT2D eigenvalue weighted by atomic mass is 10.5. The van der Waals surface area contributed by atoms with Crippen LogP contribution >= 0.6 is 0 Å². The molecule has 0 unspecified atom stereocenters. The van der Waals surface area contributed by atoms with Gasteiger partial charge in [0.05, 0.1) is 6.61 Å². The number of hydrogen-bond acceptors (Lipinski definition) is 4. The smallest absolute Gasteiger partial charge is 0.236 e. The zero-order valence-electron chi connectivity index (χ0n) is 5.69. The summed E-state index contributed by atoms with van der Waals surface area (Å²) in [6.07, 6.45) is 0.494. The molecule has 0 saturated carbocycles. The van der Waals surface area contributed by atoms with Gasteiger partial charge in [-0.15, -0.1) is 0 Å². The molecule has 1 rings (SSSR count). The van der Waals surface area contributed by atoms with E-state index in [4.69, 9.17) is 4.74 Å². The topological polar surface area (TPSA) is 63.7 Å². The van der Waals surface area contributed by atoms with Crippen molar-refractivity contribution in [2.75, 3.05) is 19.8 Å². The van der Waals surface area contributed by atoms with Crippen molar-refractivity contribution in [2.24, 2.45) is 0 Å². The van der Waals surface area contributed by atoms with E-state index >= 15 is 0 Å². The third-order valence-corrected chi connectivity index (χ3v) is 2.08. The molecule has 11 heavy (non-hydrogen) atoms. The summed E-state index contributed by atoms with van der Waals surface area (Å²) < 4.78 is 25.7. The number of amides is 1. The molecule has 1 amide bonds. The maximum absolute atomic E-state index is 10.4.